The van der Waals surface area contributed by atoms with E-state index >= 15 is 0 Å². The number of likely N-dealkylation sites (N-methyl/N-ethyl adjacent to an activating group) is 1. The van der Waals surface area contributed by atoms with E-state index in [-0.39, 0.29) is 0 Å². The zero-order valence-electron chi connectivity index (χ0n) is 8.05. The zero-order chi connectivity index (χ0) is 8.39. The van der Waals surface area contributed by atoms with Crippen molar-refractivity contribution in [2.24, 2.45) is 0 Å². The van der Waals surface area contributed by atoms with Gasteiger partial charge in [0.25, 0.3) is 0 Å². The van der Waals surface area contributed by atoms with Crippen LogP contribution in [0.25, 0.3) is 0 Å². The molecule has 1 N–H and O–H groups in total. The fourth-order valence-corrected chi connectivity index (χ4v) is 2.80. The normalized spacial score (nSPS) is 37.8. The van der Waals surface area contributed by atoms with Crippen LogP contribution < -0.4 is 5.32 Å². The van der Waals surface area contributed by atoms with Gasteiger partial charge in [-0.3, -0.25) is 4.90 Å². The second-order valence-electron chi connectivity index (χ2n) is 4.06. The number of nitrogens with zero attached hydrogens (tertiary/aromatic N) is 1. The lowest BCUT2D eigenvalue weighted by atomic mass is 9.95. The quantitative estimate of drug-likeness (QED) is 0.633. The van der Waals surface area contributed by atoms with Crippen molar-refractivity contribution in [3.63, 3.8) is 0 Å². The summed E-state index contributed by atoms with van der Waals surface area (Å²) < 4.78 is 0. The summed E-state index contributed by atoms with van der Waals surface area (Å²) in [6, 6.07) is 1.74. The maximum absolute atomic E-state index is 3.54. The molecule has 2 aliphatic heterocycles. The van der Waals surface area contributed by atoms with Crippen LogP contribution in [0, 0.1) is 0 Å². The van der Waals surface area contributed by atoms with Gasteiger partial charge in [-0.2, -0.15) is 0 Å². The van der Waals surface area contributed by atoms with Gasteiger partial charge in [-0.05, 0) is 32.4 Å². The molecule has 12 heavy (non-hydrogen) atoms. The van der Waals surface area contributed by atoms with E-state index in [0.717, 1.165) is 12.1 Å². The van der Waals surface area contributed by atoms with Crippen LogP contribution in [-0.2, 0) is 0 Å². The van der Waals surface area contributed by atoms with Crippen LogP contribution in [0.1, 0.15) is 32.6 Å². The number of piperidine rings is 1. The number of hydrogen-bond donors (Lipinski definition) is 1. The lowest BCUT2D eigenvalue weighted by molar-refractivity contribution is 0.100. The predicted octanol–water partition coefficient (Wildman–Crippen LogP) is 1.22. The van der Waals surface area contributed by atoms with Gasteiger partial charge in [0.05, 0.1) is 0 Å². The van der Waals surface area contributed by atoms with Crippen LogP contribution in [0.5, 0.6) is 0 Å². The Morgan fingerprint density at radius 2 is 2.08 bits per heavy atom. The molecule has 2 bridgehead atoms. The lowest BCUT2D eigenvalue weighted by Crippen LogP contribution is -2.47. The van der Waals surface area contributed by atoms with Crippen molar-refractivity contribution in [1.82, 2.24) is 10.2 Å². The Hall–Kier alpha value is -0.0800. The number of rotatable bonds is 1. The van der Waals surface area contributed by atoms with Gasteiger partial charge in [0, 0.05) is 18.6 Å². The highest BCUT2D eigenvalue weighted by Crippen LogP contribution is 2.25. The minimum Gasteiger partial charge on any atom is -0.315 e. The van der Waals surface area contributed by atoms with E-state index in [0.29, 0.717) is 0 Å². The summed E-state index contributed by atoms with van der Waals surface area (Å²) >= 11 is 0. The van der Waals surface area contributed by atoms with Crippen molar-refractivity contribution in [2.75, 3.05) is 19.6 Å². The first kappa shape index (κ1) is 8.52. The van der Waals surface area contributed by atoms with E-state index < -0.39 is 0 Å². The predicted molar refractivity (Wildman–Crippen MR) is 51.3 cm³/mol. The van der Waals surface area contributed by atoms with Gasteiger partial charge in [0.2, 0.25) is 0 Å². The number of nitrogens with one attached hydrogen (secondary N) is 1. The Kier molecular flexibility index (Phi) is 2.66. The molecule has 2 nitrogen and oxygen atoms in total. The molecule has 0 aromatic carbocycles. The Balaban J connectivity index is 2.07. The summed E-state index contributed by atoms with van der Waals surface area (Å²) in [5.74, 6) is 0. The van der Waals surface area contributed by atoms with Gasteiger partial charge >= 0.3 is 0 Å². The largest absolute Gasteiger partial charge is 0.315 e. The summed E-state index contributed by atoms with van der Waals surface area (Å²) in [6.45, 7) is 6.01. The minimum atomic E-state index is 0.844. The molecule has 0 aromatic rings. The highest BCUT2D eigenvalue weighted by molar-refractivity contribution is 4.88. The second kappa shape index (κ2) is 3.75. The molecular formula is C10H20N2. The van der Waals surface area contributed by atoms with Crippen LogP contribution in [0.4, 0.5) is 0 Å². The Bertz CT molecular complexity index is 133. The van der Waals surface area contributed by atoms with Crippen molar-refractivity contribution in [1.29, 1.82) is 0 Å². The van der Waals surface area contributed by atoms with Crippen molar-refractivity contribution in [2.45, 2.75) is 44.7 Å². The number of hydrogen-bond acceptors (Lipinski definition) is 2. The average molecular weight is 168 g/mol. The van der Waals surface area contributed by atoms with Crippen LogP contribution in [0.3, 0.4) is 0 Å². The van der Waals surface area contributed by atoms with E-state index in [2.05, 4.69) is 17.1 Å². The van der Waals surface area contributed by atoms with E-state index in [1.807, 2.05) is 0 Å². The molecule has 0 spiro atoms. The minimum absolute atomic E-state index is 0.844. The molecule has 2 unspecified atom stereocenters. The zero-order valence-corrected chi connectivity index (χ0v) is 8.05. The van der Waals surface area contributed by atoms with Crippen LogP contribution in [-0.4, -0.2) is 36.6 Å². The first-order valence-corrected chi connectivity index (χ1v) is 5.38. The maximum atomic E-state index is 3.54. The number of fused-ring (bicyclic) bond motifs is 2. The molecule has 2 heteroatoms. The third kappa shape index (κ3) is 1.50. The van der Waals surface area contributed by atoms with Gasteiger partial charge in [0.1, 0.15) is 0 Å². The third-order valence-electron chi connectivity index (χ3n) is 3.41. The molecule has 0 amide bonds. The van der Waals surface area contributed by atoms with Crippen molar-refractivity contribution < 1.29 is 0 Å². The molecule has 0 aliphatic carbocycles. The molecule has 2 fully saturated rings. The maximum Gasteiger partial charge on any atom is 0.0223 e. The first-order chi connectivity index (χ1) is 5.92. The topological polar surface area (TPSA) is 15.3 Å². The Morgan fingerprint density at radius 1 is 1.25 bits per heavy atom. The lowest BCUT2D eigenvalue weighted by Gasteiger charge is -2.39. The fourth-order valence-electron chi connectivity index (χ4n) is 2.80. The molecular weight excluding hydrogens is 148 g/mol. The van der Waals surface area contributed by atoms with Gasteiger partial charge in [-0.25, -0.2) is 0 Å². The molecule has 0 aromatic heterocycles. The summed E-state index contributed by atoms with van der Waals surface area (Å²) in [6.07, 6.45) is 5.67. The van der Waals surface area contributed by atoms with Crippen LogP contribution in [0.15, 0.2) is 0 Å². The van der Waals surface area contributed by atoms with Crippen molar-refractivity contribution in [3.8, 4) is 0 Å². The smallest absolute Gasteiger partial charge is 0.0223 e. The highest BCUT2D eigenvalue weighted by atomic mass is 15.2. The summed E-state index contributed by atoms with van der Waals surface area (Å²) in [5, 5.41) is 3.54. The molecule has 2 saturated heterocycles. The average Bonchev–Trinajstić information content (AvgIpc) is 2.21. The molecule has 2 rings (SSSR count). The van der Waals surface area contributed by atoms with Gasteiger partial charge in [-0.15, -0.1) is 0 Å². The standard InChI is InChI=1S/C10H20N2/c1-2-12-9-4-3-5-10(12)8-11-7-6-9/h9-11H,2-8H2,1H3. The molecule has 2 heterocycles. The van der Waals surface area contributed by atoms with Crippen LogP contribution in [0.2, 0.25) is 0 Å². The van der Waals surface area contributed by atoms with Crippen molar-refractivity contribution in [3.05, 3.63) is 0 Å². The highest BCUT2D eigenvalue weighted by Gasteiger charge is 2.30. The molecule has 70 valence electrons. The van der Waals surface area contributed by atoms with Gasteiger partial charge in [-0.1, -0.05) is 13.3 Å². The SMILES string of the molecule is CCN1C2CCCC1CNCC2. The van der Waals surface area contributed by atoms with Crippen molar-refractivity contribution >= 4 is 0 Å². The summed E-state index contributed by atoms with van der Waals surface area (Å²) in [4.78, 5) is 2.71. The second-order valence-corrected chi connectivity index (χ2v) is 4.06. The van der Waals surface area contributed by atoms with E-state index in [1.165, 1.54) is 45.3 Å². The van der Waals surface area contributed by atoms with Gasteiger partial charge in [0.15, 0.2) is 0 Å². The summed E-state index contributed by atoms with van der Waals surface area (Å²) in [7, 11) is 0. The Labute approximate surface area is 75.3 Å². The molecule has 0 radical (unpaired) electrons. The van der Waals surface area contributed by atoms with Gasteiger partial charge < -0.3 is 5.32 Å². The summed E-state index contributed by atoms with van der Waals surface area (Å²) in [5.41, 5.74) is 0. The van der Waals surface area contributed by atoms with E-state index in [4.69, 9.17) is 0 Å². The fraction of sp³-hybridized carbons (Fsp3) is 1.00. The van der Waals surface area contributed by atoms with E-state index in [1.54, 1.807) is 0 Å². The molecule has 0 saturated carbocycles. The Morgan fingerprint density at radius 3 is 2.92 bits per heavy atom. The third-order valence-corrected chi connectivity index (χ3v) is 3.41. The first-order valence-electron chi connectivity index (χ1n) is 5.38. The molecule has 2 aliphatic rings. The monoisotopic (exact) mass is 168 g/mol. The van der Waals surface area contributed by atoms with E-state index in [9.17, 15) is 0 Å². The molecule has 2 atom stereocenters. The van der Waals surface area contributed by atoms with Crippen LogP contribution >= 0.6 is 0 Å².